The molecule has 0 radical (unpaired) electrons. The van der Waals surface area contributed by atoms with E-state index in [4.69, 9.17) is 0 Å². The fourth-order valence-corrected chi connectivity index (χ4v) is 2.82. The highest BCUT2D eigenvalue weighted by Crippen LogP contribution is 2.18. The lowest BCUT2D eigenvalue weighted by Gasteiger charge is -2.17. The van der Waals surface area contributed by atoms with E-state index in [-0.39, 0.29) is 17.7 Å². The second-order valence-corrected chi connectivity index (χ2v) is 6.93. The van der Waals surface area contributed by atoms with E-state index in [1.165, 1.54) is 6.26 Å². The Morgan fingerprint density at radius 1 is 1.37 bits per heavy atom. The van der Waals surface area contributed by atoms with Gasteiger partial charge < -0.3 is 10.6 Å². The number of amides is 1. The smallest absolute Gasteiger partial charge is 0.251 e. The summed E-state index contributed by atoms with van der Waals surface area (Å²) in [4.78, 5) is 11.6. The van der Waals surface area contributed by atoms with E-state index in [0.29, 0.717) is 5.56 Å². The van der Waals surface area contributed by atoms with Gasteiger partial charge in [-0.15, -0.1) is 0 Å². The molecule has 1 aromatic carbocycles. The molecular weight excluding hydrogens is 264 g/mol. The van der Waals surface area contributed by atoms with Crippen LogP contribution < -0.4 is 10.6 Å². The maximum absolute atomic E-state index is 11.6. The highest BCUT2D eigenvalue weighted by molar-refractivity contribution is 7.90. The minimum absolute atomic E-state index is 0.0522. The van der Waals surface area contributed by atoms with Gasteiger partial charge >= 0.3 is 0 Å². The monoisotopic (exact) mass is 284 g/mol. The molecule has 6 heteroatoms. The summed E-state index contributed by atoms with van der Waals surface area (Å²) < 4.78 is 22.5. The summed E-state index contributed by atoms with van der Waals surface area (Å²) in [5.41, 5.74) is 2.28. The molecule has 0 fully saturated rings. The molecule has 5 nitrogen and oxygen atoms in total. The highest BCUT2D eigenvalue weighted by atomic mass is 32.2. The number of rotatable bonds is 5. The third-order valence-electron chi connectivity index (χ3n) is 2.68. The molecule has 1 rings (SSSR count). The summed E-state index contributed by atoms with van der Waals surface area (Å²) in [6.45, 7) is 3.70. The fourth-order valence-electron chi connectivity index (χ4n) is 1.82. The molecule has 0 aromatic heterocycles. The number of hydrogen-bond donors (Lipinski definition) is 2. The first-order valence-electron chi connectivity index (χ1n) is 6.00. The largest absolute Gasteiger partial charge is 0.381 e. The van der Waals surface area contributed by atoms with Gasteiger partial charge in [-0.2, -0.15) is 0 Å². The first-order valence-corrected chi connectivity index (χ1v) is 8.06. The van der Waals surface area contributed by atoms with Crippen LogP contribution in [0.4, 0.5) is 5.69 Å². The second-order valence-electron chi connectivity index (χ2n) is 4.75. The molecule has 106 valence electrons. The van der Waals surface area contributed by atoms with Crippen LogP contribution >= 0.6 is 0 Å². The van der Waals surface area contributed by atoms with Gasteiger partial charge in [0.25, 0.3) is 5.91 Å². The number of anilines is 1. The maximum Gasteiger partial charge on any atom is 0.251 e. The highest BCUT2D eigenvalue weighted by Gasteiger charge is 2.12. The second kappa shape index (κ2) is 6.06. The van der Waals surface area contributed by atoms with E-state index in [2.05, 4.69) is 10.6 Å². The number of carbonyl (C=O) groups excluding carboxylic acids is 1. The topological polar surface area (TPSA) is 75.3 Å². The predicted octanol–water partition coefficient (Wildman–Crippen LogP) is 1.20. The van der Waals surface area contributed by atoms with Crippen molar-refractivity contribution in [2.24, 2.45) is 0 Å². The van der Waals surface area contributed by atoms with Crippen LogP contribution in [0.25, 0.3) is 0 Å². The third kappa shape index (κ3) is 4.90. The van der Waals surface area contributed by atoms with Crippen LogP contribution in [0, 0.1) is 6.92 Å². The van der Waals surface area contributed by atoms with E-state index in [0.717, 1.165) is 11.3 Å². The molecular formula is C13H20N2O3S. The van der Waals surface area contributed by atoms with Crippen molar-refractivity contribution < 1.29 is 13.2 Å². The Kier molecular flexibility index (Phi) is 4.94. The molecule has 0 aliphatic carbocycles. The molecule has 1 aromatic rings. The molecule has 0 saturated heterocycles. The van der Waals surface area contributed by atoms with E-state index >= 15 is 0 Å². The van der Waals surface area contributed by atoms with Gasteiger partial charge in [0.05, 0.1) is 5.75 Å². The normalized spacial score (nSPS) is 12.8. The number of carbonyl (C=O) groups is 1. The lowest BCUT2D eigenvalue weighted by molar-refractivity contribution is 0.0963. The number of sulfone groups is 1. The number of aryl methyl sites for hydroxylation is 1. The molecule has 1 unspecified atom stereocenters. The van der Waals surface area contributed by atoms with Crippen molar-refractivity contribution >= 4 is 21.4 Å². The fraction of sp³-hybridized carbons (Fsp3) is 0.462. The molecule has 0 bridgehead atoms. The SMILES string of the molecule is CNC(=O)c1ccc(C)c(NC(C)CS(C)(=O)=O)c1. The maximum atomic E-state index is 11.6. The Hall–Kier alpha value is -1.56. The summed E-state index contributed by atoms with van der Waals surface area (Å²) in [6, 6.07) is 5.08. The summed E-state index contributed by atoms with van der Waals surface area (Å²) >= 11 is 0. The zero-order chi connectivity index (χ0) is 14.6. The molecule has 0 spiro atoms. The number of nitrogens with one attached hydrogen (secondary N) is 2. The van der Waals surface area contributed by atoms with E-state index in [1.54, 1.807) is 26.1 Å². The number of benzene rings is 1. The van der Waals surface area contributed by atoms with Gasteiger partial charge in [0.15, 0.2) is 0 Å². The Morgan fingerprint density at radius 3 is 2.53 bits per heavy atom. The lowest BCUT2D eigenvalue weighted by Crippen LogP contribution is -2.25. The zero-order valence-electron chi connectivity index (χ0n) is 11.6. The number of hydrogen-bond acceptors (Lipinski definition) is 4. The Bertz CT molecular complexity index is 567. The zero-order valence-corrected chi connectivity index (χ0v) is 12.5. The predicted molar refractivity (Wildman–Crippen MR) is 77.4 cm³/mol. The summed E-state index contributed by atoms with van der Waals surface area (Å²) in [5.74, 6) is -0.116. The van der Waals surface area contributed by atoms with Gasteiger partial charge in [0.1, 0.15) is 9.84 Å². The van der Waals surface area contributed by atoms with Crippen LogP contribution in [-0.2, 0) is 9.84 Å². The summed E-state index contributed by atoms with van der Waals surface area (Å²) in [6.07, 6.45) is 1.21. The van der Waals surface area contributed by atoms with Crippen LogP contribution in [0.2, 0.25) is 0 Å². The van der Waals surface area contributed by atoms with Crippen molar-refractivity contribution in [3.05, 3.63) is 29.3 Å². The molecule has 0 aliphatic rings. The first-order chi connectivity index (χ1) is 8.73. The Balaban J connectivity index is 2.91. The van der Waals surface area contributed by atoms with Gasteiger partial charge in [-0.1, -0.05) is 6.07 Å². The minimum atomic E-state index is -3.03. The van der Waals surface area contributed by atoms with Crippen molar-refractivity contribution in [3.63, 3.8) is 0 Å². The summed E-state index contributed by atoms with van der Waals surface area (Å²) in [5, 5.41) is 5.68. The molecule has 0 aliphatic heterocycles. The van der Waals surface area contributed by atoms with E-state index < -0.39 is 9.84 Å². The standard InChI is InChI=1S/C13H20N2O3S/c1-9-5-6-11(13(16)14-3)7-12(9)15-10(2)8-19(4,17)18/h5-7,10,15H,8H2,1-4H3,(H,14,16). The average molecular weight is 284 g/mol. The van der Waals surface area contributed by atoms with Crippen molar-refractivity contribution in [1.82, 2.24) is 5.32 Å². The quantitative estimate of drug-likeness (QED) is 0.852. The van der Waals surface area contributed by atoms with Crippen molar-refractivity contribution in [2.45, 2.75) is 19.9 Å². The van der Waals surface area contributed by atoms with Gasteiger partial charge in [-0.05, 0) is 31.5 Å². The lowest BCUT2D eigenvalue weighted by atomic mass is 10.1. The van der Waals surface area contributed by atoms with Crippen LogP contribution in [0.15, 0.2) is 18.2 Å². The van der Waals surface area contributed by atoms with Crippen molar-refractivity contribution in [1.29, 1.82) is 0 Å². The van der Waals surface area contributed by atoms with Crippen LogP contribution in [0.1, 0.15) is 22.8 Å². The van der Waals surface area contributed by atoms with Gasteiger partial charge in [-0.3, -0.25) is 4.79 Å². The van der Waals surface area contributed by atoms with Crippen LogP contribution in [0.5, 0.6) is 0 Å². The Labute approximate surface area is 114 Å². The van der Waals surface area contributed by atoms with Crippen LogP contribution in [-0.4, -0.2) is 39.4 Å². The molecule has 0 saturated carbocycles. The van der Waals surface area contributed by atoms with Gasteiger partial charge in [0.2, 0.25) is 0 Å². The van der Waals surface area contributed by atoms with E-state index in [1.807, 2.05) is 13.0 Å². The summed E-state index contributed by atoms with van der Waals surface area (Å²) in [7, 11) is -1.46. The average Bonchev–Trinajstić information content (AvgIpc) is 2.28. The van der Waals surface area contributed by atoms with Gasteiger partial charge in [-0.25, -0.2) is 8.42 Å². The molecule has 0 heterocycles. The minimum Gasteiger partial charge on any atom is -0.381 e. The molecule has 1 atom stereocenters. The Morgan fingerprint density at radius 2 is 2.00 bits per heavy atom. The van der Waals surface area contributed by atoms with Crippen LogP contribution in [0.3, 0.4) is 0 Å². The van der Waals surface area contributed by atoms with E-state index in [9.17, 15) is 13.2 Å². The van der Waals surface area contributed by atoms with Crippen molar-refractivity contribution in [2.75, 3.05) is 24.4 Å². The molecule has 19 heavy (non-hydrogen) atoms. The van der Waals surface area contributed by atoms with Crippen molar-refractivity contribution in [3.8, 4) is 0 Å². The molecule has 1 amide bonds. The molecule has 2 N–H and O–H groups in total. The third-order valence-corrected chi connectivity index (χ3v) is 3.79. The first kappa shape index (κ1) is 15.5. The van der Waals surface area contributed by atoms with Gasteiger partial charge in [0, 0.05) is 30.6 Å².